The molecule has 2 heteroatoms. The van der Waals surface area contributed by atoms with Crippen LogP contribution >= 0.6 is 0 Å². The number of ether oxygens (including phenoxy) is 1. The summed E-state index contributed by atoms with van der Waals surface area (Å²) in [6.07, 6.45) is 15.3. The van der Waals surface area contributed by atoms with E-state index in [2.05, 4.69) is 54.5 Å². The van der Waals surface area contributed by atoms with Crippen molar-refractivity contribution >= 4 is 5.78 Å². The van der Waals surface area contributed by atoms with Crippen molar-refractivity contribution < 1.29 is 9.53 Å². The fourth-order valence-electron chi connectivity index (χ4n) is 11.2. The highest BCUT2D eigenvalue weighted by molar-refractivity contribution is 5.85. The van der Waals surface area contributed by atoms with Crippen LogP contribution in [0.4, 0.5) is 0 Å². The number of carbonyl (C=O) groups excluding carboxylic acids is 1. The lowest BCUT2D eigenvalue weighted by molar-refractivity contribution is -0.177. The first-order valence-electron chi connectivity index (χ1n) is 14.1. The predicted octanol–water partition coefficient (Wildman–Crippen LogP) is 8.00. The highest BCUT2D eigenvalue weighted by Gasteiger charge is 2.63. The number of methoxy groups -OCH3 is 1. The van der Waals surface area contributed by atoms with Crippen molar-refractivity contribution in [1.82, 2.24) is 0 Å². The van der Waals surface area contributed by atoms with E-state index in [1.807, 2.05) is 7.11 Å². The van der Waals surface area contributed by atoms with Crippen LogP contribution in [0, 0.1) is 50.7 Å². The zero-order valence-corrected chi connectivity index (χ0v) is 22.9. The maximum absolute atomic E-state index is 12.9. The molecule has 5 aliphatic rings. The number of hydrogen-bond acceptors (Lipinski definition) is 2. The maximum Gasteiger partial charge on any atom is 0.138 e. The summed E-state index contributed by atoms with van der Waals surface area (Å²) in [7, 11) is 1.93. The molecule has 0 aliphatic heterocycles. The lowest BCUT2D eigenvalue weighted by Crippen LogP contribution is -2.58. The monoisotopic (exact) mass is 454 g/mol. The molecule has 0 unspecified atom stereocenters. The minimum Gasteiger partial charge on any atom is -0.381 e. The van der Waals surface area contributed by atoms with E-state index in [-0.39, 0.29) is 10.8 Å². The molecule has 0 saturated heterocycles. The second kappa shape index (κ2) is 7.44. The number of carbonyl (C=O) groups is 1. The van der Waals surface area contributed by atoms with Crippen molar-refractivity contribution in [1.29, 1.82) is 0 Å². The Hall–Kier alpha value is -0.630. The minimum absolute atomic E-state index is 0.169. The van der Waals surface area contributed by atoms with E-state index in [0.29, 0.717) is 40.0 Å². The van der Waals surface area contributed by atoms with Gasteiger partial charge in [-0.25, -0.2) is 0 Å². The Morgan fingerprint density at radius 3 is 2.24 bits per heavy atom. The Morgan fingerprint density at radius 1 is 0.818 bits per heavy atom. The van der Waals surface area contributed by atoms with Gasteiger partial charge in [-0.1, -0.05) is 60.1 Å². The molecular formula is C31H50O2. The molecule has 5 aliphatic carbocycles. The van der Waals surface area contributed by atoms with Crippen molar-refractivity contribution in [2.75, 3.05) is 7.11 Å². The van der Waals surface area contributed by atoms with Crippen molar-refractivity contribution in [2.45, 2.75) is 119 Å². The third kappa shape index (κ3) is 3.17. The molecule has 0 aromatic rings. The van der Waals surface area contributed by atoms with Crippen LogP contribution in [0.2, 0.25) is 0 Å². The van der Waals surface area contributed by atoms with Crippen molar-refractivity contribution in [3.63, 3.8) is 0 Å². The maximum atomic E-state index is 12.9. The molecule has 4 fully saturated rings. The van der Waals surface area contributed by atoms with Crippen LogP contribution in [0.15, 0.2) is 11.6 Å². The van der Waals surface area contributed by atoms with Crippen LogP contribution in [-0.4, -0.2) is 19.0 Å². The number of rotatable bonds is 1. The molecule has 0 spiro atoms. The summed E-state index contributed by atoms with van der Waals surface area (Å²) >= 11 is 0. The molecular weight excluding hydrogens is 404 g/mol. The van der Waals surface area contributed by atoms with Gasteiger partial charge in [0.1, 0.15) is 5.78 Å². The number of allylic oxidation sites excluding steroid dienone is 2. The Balaban J connectivity index is 1.50. The summed E-state index contributed by atoms with van der Waals surface area (Å²) < 4.78 is 6.03. The van der Waals surface area contributed by atoms with Crippen molar-refractivity contribution in [2.24, 2.45) is 50.7 Å². The zero-order chi connectivity index (χ0) is 24.0. The van der Waals surface area contributed by atoms with Crippen LogP contribution in [0.1, 0.15) is 113 Å². The lowest BCUT2D eigenvalue weighted by Gasteiger charge is -2.64. The van der Waals surface area contributed by atoms with Crippen LogP contribution in [-0.2, 0) is 9.53 Å². The van der Waals surface area contributed by atoms with Gasteiger partial charge in [-0.05, 0) is 103 Å². The van der Waals surface area contributed by atoms with E-state index in [1.165, 1.54) is 44.9 Å². The Bertz CT molecular complexity index is 851. The summed E-state index contributed by atoms with van der Waals surface area (Å²) in [6, 6.07) is 0. The van der Waals surface area contributed by atoms with Crippen LogP contribution < -0.4 is 0 Å². The van der Waals surface area contributed by atoms with Crippen LogP contribution in [0.25, 0.3) is 0 Å². The summed E-state index contributed by atoms with van der Waals surface area (Å²) in [5.41, 5.74) is 2.99. The van der Waals surface area contributed by atoms with Crippen molar-refractivity contribution in [3.05, 3.63) is 11.6 Å². The molecule has 0 heterocycles. The smallest absolute Gasteiger partial charge is 0.138 e. The zero-order valence-electron chi connectivity index (χ0n) is 22.9. The Morgan fingerprint density at radius 2 is 1.55 bits per heavy atom. The fraction of sp³-hybridized carbons (Fsp3) is 0.903. The summed E-state index contributed by atoms with van der Waals surface area (Å²) in [5, 5.41) is 0. The lowest BCUT2D eigenvalue weighted by atomic mass is 9.42. The number of hydrogen-bond donors (Lipinski definition) is 0. The molecule has 0 bridgehead atoms. The van der Waals surface area contributed by atoms with Gasteiger partial charge in [-0.2, -0.15) is 0 Å². The van der Waals surface area contributed by atoms with Crippen LogP contribution in [0.5, 0.6) is 0 Å². The third-order valence-electron chi connectivity index (χ3n) is 12.9. The normalized spacial score (nSPS) is 50.7. The number of ketones is 1. The van der Waals surface area contributed by atoms with Gasteiger partial charge in [0, 0.05) is 18.9 Å². The second-order valence-corrected chi connectivity index (χ2v) is 14.9. The van der Waals surface area contributed by atoms with Gasteiger partial charge in [0.25, 0.3) is 0 Å². The summed E-state index contributed by atoms with van der Waals surface area (Å²) in [5.74, 6) is 3.24. The molecule has 8 atom stereocenters. The first kappa shape index (κ1) is 24.1. The van der Waals surface area contributed by atoms with Gasteiger partial charge in [0.15, 0.2) is 0 Å². The van der Waals surface area contributed by atoms with E-state index >= 15 is 0 Å². The van der Waals surface area contributed by atoms with E-state index < -0.39 is 0 Å². The molecule has 0 N–H and O–H groups in total. The minimum atomic E-state index is -0.169. The standard InChI is InChI=1S/C31H50O2/c1-27(2)22-11-9-20-19-29(5)16-13-23-28(3,4)26(33-8)15-18-31(23,7)24(29)12-10-21(20)30(22,6)17-14-25(27)32/h9,21-24,26H,10-19H2,1-8H3/t21-,22-,23-,24-,26-,29-,30+,31+/m0/s1. The molecule has 0 aromatic carbocycles. The molecule has 33 heavy (non-hydrogen) atoms. The first-order chi connectivity index (χ1) is 15.3. The van der Waals surface area contributed by atoms with Gasteiger partial charge < -0.3 is 4.74 Å². The van der Waals surface area contributed by atoms with Crippen molar-refractivity contribution in [3.8, 4) is 0 Å². The van der Waals surface area contributed by atoms with E-state index in [1.54, 1.807) is 5.57 Å². The second-order valence-electron chi connectivity index (χ2n) is 14.9. The first-order valence-corrected chi connectivity index (χ1v) is 14.1. The van der Waals surface area contributed by atoms with Gasteiger partial charge >= 0.3 is 0 Å². The highest BCUT2D eigenvalue weighted by Crippen LogP contribution is 2.70. The predicted molar refractivity (Wildman–Crippen MR) is 136 cm³/mol. The molecule has 186 valence electrons. The fourth-order valence-corrected chi connectivity index (χ4v) is 11.2. The quantitative estimate of drug-likeness (QED) is 0.375. The molecule has 4 saturated carbocycles. The van der Waals surface area contributed by atoms with Gasteiger partial charge in [-0.3, -0.25) is 4.79 Å². The van der Waals surface area contributed by atoms with E-state index in [9.17, 15) is 4.79 Å². The SMILES string of the molecule is CO[C@H]1CC[C@]2(C)[C@@H](CC[C@@]3(C)CC4=CC[C@H]5C(C)(C)C(=O)CC[C@]5(C)[C@H]4CC[C@@H]32)C1(C)C. The van der Waals surface area contributed by atoms with Gasteiger partial charge in [-0.15, -0.1) is 0 Å². The summed E-state index contributed by atoms with van der Waals surface area (Å²) in [6.45, 7) is 17.4. The average Bonchev–Trinajstić information content (AvgIpc) is 2.88. The van der Waals surface area contributed by atoms with Gasteiger partial charge in [0.05, 0.1) is 6.10 Å². The number of fused-ring (bicyclic) bond motifs is 6. The largest absolute Gasteiger partial charge is 0.381 e. The number of Topliss-reactive ketones (excluding diaryl/α,β-unsaturated/α-hetero) is 1. The Kier molecular flexibility index (Phi) is 5.43. The van der Waals surface area contributed by atoms with Gasteiger partial charge in [0.2, 0.25) is 0 Å². The molecule has 2 nitrogen and oxygen atoms in total. The molecule has 5 rings (SSSR count). The molecule has 0 amide bonds. The van der Waals surface area contributed by atoms with Crippen LogP contribution in [0.3, 0.4) is 0 Å². The highest BCUT2D eigenvalue weighted by atomic mass is 16.5. The van der Waals surface area contributed by atoms with E-state index in [4.69, 9.17) is 4.74 Å². The molecule has 0 aromatic heterocycles. The summed E-state index contributed by atoms with van der Waals surface area (Å²) in [4.78, 5) is 12.9. The third-order valence-corrected chi connectivity index (χ3v) is 12.9. The van der Waals surface area contributed by atoms with E-state index in [0.717, 1.165) is 31.1 Å². The topological polar surface area (TPSA) is 26.3 Å². The average molecular weight is 455 g/mol. The molecule has 0 radical (unpaired) electrons. The Labute approximate surface area is 203 Å².